The Morgan fingerprint density at radius 1 is 1.06 bits per heavy atom. The van der Waals surface area contributed by atoms with Crippen LogP contribution in [0.25, 0.3) is 0 Å². The van der Waals surface area contributed by atoms with Gasteiger partial charge in [0.2, 0.25) is 0 Å². The van der Waals surface area contributed by atoms with Gasteiger partial charge in [0.05, 0.1) is 21.3 Å². The van der Waals surface area contributed by atoms with Gasteiger partial charge in [-0.25, -0.2) is 0 Å². The molecule has 0 aliphatic carbocycles. The second-order valence-electron chi connectivity index (χ2n) is 3.22. The first kappa shape index (κ1) is 12.4. The van der Waals surface area contributed by atoms with Crippen LogP contribution in [0.5, 0.6) is 17.2 Å². The molecule has 0 saturated heterocycles. The van der Waals surface area contributed by atoms with Crippen LogP contribution in [0.1, 0.15) is 12.0 Å². The molecule has 0 aliphatic rings. The number of carbonyl (C=O) groups excluding carboxylic acids is 1. The summed E-state index contributed by atoms with van der Waals surface area (Å²) in [6.07, 6.45) is 1.92. The molecule has 88 valence electrons. The summed E-state index contributed by atoms with van der Waals surface area (Å²) in [5.41, 5.74) is 0.887. The Morgan fingerprint density at radius 2 is 1.62 bits per heavy atom. The summed E-state index contributed by atoms with van der Waals surface area (Å²) in [7, 11) is 4.75. The van der Waals surface area contributed by atoms with Gasteiger partial charge in [-0.05, 0) is 6.42 Å². The predicted molar refractivity (Wildman–Crippen MR) is 60.5 cm³/mol. The third kappa shape index (κ3) is 2.66. The summed E-state index contributed by atoms with van der Waals surface area (Å²) >= 11 is 0. The molecule has 1 aromatic carbocycles. The lowest BCUT2D eigenvalue weighted by molar-refractivity contribution is -0.107. The summed E-state index contributed by atoms with van der Waals surface area (Å²) in [5, 5.41) is 0. The van der Waals surface area contributed by atoms with Crippen molar-refractivity contribution in [2.75, 3.05) is 21.3 Å². The van der Waals surface area contributed by atoms with Crippen molar-refractivity contribution in [3.05, 3.63) is 17.7 Å². The van der Waals surface area contributed by atoms with Crippen LogP contribution in [0.15, 0.2) is 12.1 Å². The van der Waals surface area contributed by atoms with Crippen LogP contribution in [0.2, 0.25) is 0 Å². The van der Waals surface area contributed by atoms with Crippen LogP contribution < -0.4 is 14.2 Å². The minimum atomic E-state index is 0.444. The van der Waals surface area contributed by atoms with Crippen molar-refractivity contribution in [3.8, 4) is 17.2 Å². The molecule has 0 bridgehead atoms. The SMILES string of the molecule is COc1cc(OC)c(CCC=O)c(OC)c1. The first-order valence-corrected chi connectivity index (χ1v) is 4.99. The van der Waals surface area contributed by atoms with Crippen molar-refractivity contribution in [2.45, 2.75) is 12.8 Å². The normalized spacial score (nSPS) is 9.69. The molecule has 0 heterocycles. The molecular weight excluding hydrogens is 208 g/mol. The van der Waals surface area contributed by atoms with Crippen LogP contribution >= 0.6 is 0 Å². The third-order valence-electron chi connectivity index (χ3n) is 2.33. The Balaban J connectivity index is 3.14. The molecule has 0 aromatic heterocycles. The highest BCUT2D eigenvalue weighted by atomic mass is 16.5. The third-order valence-corrected chi connectivity index (χ3v) is 2.33. The second kappa shape index (κ2) is 6.00. The fourth-order valence-electron chi connectivity index (χ4n) is 1.53. The zero-order chi connectivity index (χ0) is 12.0. The number of ether oxygens (including phenoxy) is 3. The second-order valence-corrected chi connectivity index (χ2v) is 3.22. The molecular formula is C12H16O4. The number of benzene rings is 1. The Labute approximate surface area is 95.1 Å². The van der Waals surface area contributed by atoms with E-state index < -0.39 is 0 Å². The average Bonchev–Trinajstić information content (AvgIpc) is 2.35. The topological polar surface area (TPSA) is 44.8 Å². The maximum atomic E-state index is 10.4. The lowest BCUT2D eigenvalue weighted by Gasteiger charge is -2.14. The van der Waals surface area contributed by atoms with E-state index in [0.29, 0.717) is 30.1 Å². The molecule has 0 aliphatic heterocycles. The van der Waals surface area contributed by atoms with Gasteiger partial charge in [-0.3, -0.25) is 0 Å². The Hall–Kier alpha value is -1.71. The predicted octanol–water partition coefficient (Wildman–Crippen LogP) is 1.84. The van der Waals surface area contributed by atoms with Gasteiger partial charge in [-0.15, -0.1) is 0 Å². The lowest BCUT2D eigenvalue weighted by Crippen LogP contribution is -1.99. The molecule has 1 rings (SSSR count). The molecule has 0 spiro atoms. The minimum Gasteiger partial charge on any atom is -0.496 e. The van der Waals surface area contributed by atoms with E-state index in [0.717, 1.165) is 11.8 Å². The molecule has 0 amide bonds. The zero-order valence-electron chi connectivity index (χ0n) is 9.78. The van der Waals surface area contributed by atoms with Gasteiger partial charge >= 0.3 is 0 Å². The quantitative estimate of drug-likeness (QED) is 0.692. The smallest absolute Gasteiger partial charge is 0.129 e. The number of methoxy groups -OCH3 is 3. The molecule has 0 radical (unpaired) electrons. The van der Waals surface area contributed by atoms with Crippen LogP contribution in [-0.4, -0.2) is 27.6 Å². The first-order valence-electron chi connectivity index (χ1n) is 4.99. The Morgan fingerprint density at radius 3 is 2.00 bits per heavy atom. The highest BCUT2D eigenvalue weighted by Crippen LogP contribution is 2.34. The number of carbonyl (C=O) groups is 1. The molecule has 0 fully saturated rings. The van der Waals surface area contributed by atoms with Crippen LogP contribution in [0.4, 0.5) is 0 Å². The van der Waals surface area contributed by atoms with Gasteiger partial charge in [0.15, 0.2) is 0 Å². The van der Waals surface area contributed by atoms with E-state index in [1.54, 1.807) is 33.5 Å². The monoisotopic (exact) mass is 224 g/mol. The highest BCUT2D eigenvalue weighted by Gasteiger charge is 2.12. The lowest BCUT2D eigenvalue weighted by atomic mass is 10.1. The van der Waals surface area contributed by atoms with Gasteiger partial charge < -0.3 is 19.0 Å². The number of hydrogen-bond acceptors (Lipinski definition) is 4. The van der Waals surface area contributed by atoms with Gasteiger partial charge in [0, 0.05) is 24.1 Å². The molecule has 1 aromatic rings. The zero-order valence-corrected chi connectivity index (χ0v) is 9.78. The van der Waals surface area contributed by atoms with E-state index in [1.165, 1.54) is 0 Å². The van der Waals surface area contributed by atoms with Gasteiger partial charge in [-0.2, -0.15) is 0 Å². The van der Waals surface area contributed by atoms with Gasteiger partial charge in [-0.1, -0.05) is 0 Å². The van der Waals surface area contributed by atoms with E-state index >= 15 is 0 Å². The number of rotatable bonds is 6. The van der Waals surface area contributed by atoms with Gasteiger partial charge in [0.1, 0.15) is 23.5 Å². The number of hydrogen-bond donors (Lipinski definition) is 0. The summed E-state index contributed by atoms with van der Waals surface area (Å²) < 4.78 is 15.6. The molecule has 4 heteroatoms. The van der Waals surface area contributed by atoms with Crippen molar-refractivity contribution in [3.63, 3.8) is 0 Å². The van der Waals surface area contributed by atoms with Crippen LogP contribution in [0, 0.1) is 0 Å². The van der Waals surface area contributed by atoms with Gasteiger partial charge in [0.25, 0.3) is 0 Å². The Bertz CT molecular complexity index is 335. The molecule has 0 saturated carbocycles. The average molecular weight is 224 g/mol. The minimum absolute atomic E-state index is 0.444. The standard InChI is InChI=1S/C12H16O4/c1-14-9-7-11(15-2)10(5-4-6-13)12(8-9)16-3/h6-8H,4-5H2,1-3H3. The molecule has 4 nitrogen and oxygen atoms in total. The number of aldehydes is 1. The summed E-state index contributed by atoms with van der Waals surface area (Å²) in [5.74, 6) is 2.03. The highest BCUT2D eigenvalue weighted by molar-refractivity contribution is 5.55. The fourth-order valence-corrected chi connectivity index (χ4v) is 1.53. The summed E-state index contributed by atoms with van der Waals surface area (Å²) in [4.78, 5) is 10.4. The van der Waals surface area contributed by atoms with E-state index in [4.69, 9.17) is 14.2 Å². The summed E-state index contributed by atoms with van der Waals surface area (Å²) in [6.45, 7) is 0. The Kier molecular flexibility index (Phi) is 4.64. The van der Waals surface area contributed by atoms with Crippen molar-refractivity contribution >= 4 is 6.29 Å². The fraction of sp³-hybridized carbons (Fsp3) is 0.417. The van der Waals surface area contributed by atoms with Crippen molar-refractivity contribution in [1.29, 1.82) is 0 Å². The van der Waals surface area contributed by atoms with Crippen molar-refractivity contribution in [2.24, 2.45) is 0 Å². The largest absolute Gasteiger partial charge is 0.496 e. The maximum absolute atomic E-state index is 10.4. The van der Waals surface area contributed by atoms with Crippen LogP contribution in [0.3, 0.4) is 0 Å². The maximum Gasteiger partial charge on any atom is 0.129 e. The summed E-state index contributed by atoms with van der Waals surface area (Å²) in [6, 6.07) is 3.56. The van der Waals surface area contributed by atoms with E-state index in [9.17, 15) is 4.79 Å². The van der Waals surface area contributed by atoms with E-state index in [2.05, 4.69) is 0 Å². The van der Waals surface area contributed by atoms with Crippen molar-refractivity contribution < 1.29 is 19.0 Å². The molecule has 16 heavy (non-hydrogen) atoms. The first-order chi connectivity index (χ1) is 7.76. The van der Waals surface area contributed by atoms with Crippen LogP contribution in [-0.2, 0) is 11.2 Å². The van der Waals surface area contributed by atoms with E-state index in [-0.39, 0.29) is 0 Å². The molecule has 0 unspecified atom stereocenters. The molecule has 0 N–H and O–H groups in total. The molecule has 0 atom stereocenters. The van der Waals surface area contributed by atoms with E-state index in [1.807, 2.05) is 0 Å². The van der Waals surface area contributed by atoms with Crippen molar-refractivity contribution in [1.82, 2.24) is 0 Å².